The molecule has 2 nitrogen and oxygen atoms in total. The minimum Gasteiger partial charge on any atom is -0.309 e. The van der Waals surface area contributed by atoms with Gasteiger partial charge in [-0.15, -0.1) is 0 Å². The van der Waals surface area contributed by atoms with Crippen LogP contribution in [0.25, 0.3) is 115 Å². The maximum absolute atomic E-state index is 10.3. The molecule has 0 aliphatic heterocycles. The van der Waals surface area contributed by atoms with Gasteiger partial charge in [-0.2, -0.15) is 5.26 Å². The first-order valence-electron chi connectivity index (χ1n) is 19.5. The molecule has 0 aliphatic carbocycles. The summed E-state index contributed by atoms with van der Waals surface area (Å²) >= 11 is 0. The van der Waals surface area contributed by atoms with Gasteiger partial charge in [0.05, 0.1) is 28.4 Å². The Morgan fingerprint density at radius 1 is 0.333 bits per heavy atom. The lowest BCUT2D eigenvalue weighted by molar-refractivity contribution is 1.20. The van der Waals surface area contributed by atoms with E-state index >= 15 is 0 Å². The topological polar surface area (TPSA) is 28.7 Å². The van der Waals surface area contributed by atoms with E-state index in [1.165, 1.54) is 87.2 Å². The Morgan fingerprint density at radius 3 is 1.47 bits per heavy atom. The van der Waals surface area contributed by atoms with Crippen LogP contribution in [-0.2, 0) is 0 Å². The molecule has 1 aromatic heterocycles. The Morgan fingerprint density at radius 2 is 0.807 bits per heavy atom. The maximum Gasteiger partial charge on any atom is 0.0998 e. The maximum atomic E-state index is 10.3. The summed E-state index contributed by atoms with van der Waals surface area (Å²) in [5, 5.41) is 24.5. The molecule has 0 radical (unpaired) electrons. The summed E-state index contributed by atoms with van der Waals surface area (Å²) in [6, 6.07) is 72.8. The summed E-state index contributed by atoms with van der Waals surface area (Å²) in [7, 11) is 0. The van der Waals surface area contributed by atoms with E-state index in [1.807, 2.05) is 6.07 Å². The third kappa shape index (κ3) is 4.46. The van der Waals surface area contributed by atoms with Crippen LogP contribution >= 0.6 is 0 Å². The van der Waals surface area contributed by atoms with Gasteiger partial charge in [0.1, 0.15) is 0 Å². The van der Waals surface area contributed by atoms with Crippen LogP contribution < -0.4 is 0 Å². The highest BCUT2D eigenvalue weighted by molar-refractivity contribution is 6.31. The average molecular weight is 721 g/mol. The second kappa shape index (κ2) is 12.1. The van der Waals surface area contributed by atoms with Gasteiger partial charge in [-0.1, -0.05) is 170 Å². The van der Waals surface area contributed by atoms with Crippen LogP contribution in [0.15, 0.2) is 194 Å². The molecule has 0 saturated heterocycles. The first-order chi connectivity index (χ1) is 28.3. The SMILES string of the molecule is N#Cc1ccc2c3c1ccc1c(-c4c5ccccc5c(-c5ccc(-c6ccccc6)c6ccccc56)c5ccccc45)ccc(c13)n2-c1cccc2ccccc12. The van der Waals surface area contributed by atoms with Crippen molar-refractivity contribution < 1.29 is 0 Å². The van der Waals surface area contributed by atoms with Gasteiger partial charge in [-0.3, -0.25) is 0 Å². The van der Waals surface area contributed by atoms with Gasteiger partial charge in [0, 0.05) is 21.5 Å². The second-order valence-electron chi connectivity index (χ2n) is 15.0. The van der Waals surface area contributed by atoms with Crippen LogP contribution in [0.2, 0.25) is 0 Å². The molecule has 11 aromatic carbocycles. The third-order valence-corrected chi connectivity index (χ3v) is 12.2. The molecule has 0 N–H and O–H groups in total. The lowest BCUT2D eigenvalue weighted by Crippen LogP contribution is -1.95. The first kappa shape index (κ1) is 31.6. The van der Waals surface area contributed by atoms with E-state index in [1.54, 1.807) is 0 Å². The Balaban J connectivity index is 1.19. The van der Waals surface area contributed by atoms with E-state index in [-0.39, 0.29) is 0 Å². The molecule has 12 aromatic rings. The number of rotatable bonds is 4. The normalized spacial score (nSPS) is 11.8. The average Bonchev–Trinajstić information content (AvgIpc) is 3.62. The smallest absolute Gasteiger partial charge is 0.0998 e. The number of nitrogens with zero attached hydrogens (tertiary/aromatic N) is 2. The van der Waals surface area contributed by atoms with E-state index in [4.69, 9.17) is 0 Å². The largest absolute Gasteiger partial charge is 0.309 e. The van der Waals surface area contributed by atoms with Crippen molar-refractivity contribution in [3.8, 4) is 45.1 Å². The monoisotopic (exact) mass is 720 g/mol. The van der Waals surface area contributed by atoms with Crippen LogP contribution in [0.4, 0.5) is 0 Å². The van der Waals surface area contributed by atoms with E-state index in [0.717, 1.165) is 27.5 Å². The second-order valence-corrected chi connectivity index (χ2v) is 15.0. The molecular formula is C55H32N2. The molecule has 262 valence electrons. The minimum atomic E-state index is 0.692. The van der Waals surface area contributed by atoms with Crippen molar-refractivity contribution in [3.05, 3.63) is 200 Å². The molecule has 0 spiro atoms. The van der Waals surface area contributed by atoms with Gasteiger partial charge in [0.15, 0.2) is 0 Å². The number of fused-ring (bicyclic) bond motifs is 4. The van der Waals surface area contributed by atoms with E-state index in [0.29, 0.717) is 5.56 Å². The lowest BCUT2D eigenvalue weighted by atomic mass is 9.82. The van der Waals surface area contributed by atoms with Crippen molar-refractivity contribution in [1.82, 2.24) is 4.57 Å². The van der Waals surface area contributed by atoms with Crippen molar-refractivity contribution in [3.63, 3.8) is 0 Å². The molecular weight excluding hydrogens is 689 g/mol. The van der Waals surface area contributed by atoms with Crippen LogP contribution in [0.5, 0.6) is 0 Å². The highest BCUT2D eigenvalue weighted by Gasteiger charge is 2.24. The van der Waals surface area contributed by atoms with Crippen molar-refractivity contribution in [2.75, 3.05) is 0 Å². The molecule has 57 heavy (non-hydrogen) atoms. The standard InChI is InChI=1S/C55H32N2/c56-33-36-25-31-50-54-39(36)27-29-48-47(30-32-51(55(48)54)57(50)49-24-12-16-35-15-4-5-17-38(35)49)53-44-22-10-8-20-42(44)52(43-21-9-11-23-45(43)53)46-28-26-37(34-13-2-1-3-14-34)40-18-6-7-19-41(40)46/h1-32H. The molecule has 0 amide bonds. The van der Waals surface area contributed by atoms with Crippen LogP contribution in [0, 0.1) is 11.3 Å². The molecule has 1 heterocycles. The van der Waals surface area contributed by atoms with E-state index in [9.17, 15) is 5.26 Å². The highest BCUT2D eigenvalue weighted by Crippen LogP contribution is 2.50. The number of benzene rings is 11. The first-order valence-corrected chi connectivity index (χ1v) is 19.5. The molecule has 0 bridgehead atoms. The summed E-state index contributed by atoms with van der Waals surface area (Å²) < 4.78 is 2.40. The molecule has 12 rings (SSSR count). The number of hydrogen-bond acceptors (Lipinski definition) is 1. The summed E-state index contributed by atoms with van der Waals surface area (Å²) in [6.45, 7) is 0. The van der Waals surface area contributed by atoms with E-state index < -0.39 is 0 Å². The van der Waals surface area contributed by atoms with Gasteiger partial charge in [-0.05, 0) is 101 Å². The number of nitriles is 1. The minimum absolute atomic E-state index is 0.692. The Bertz CT molecular complexity index is 3580. The van der Waals surface area contributed by atoms with Crippen LogP contribution in [-0.4, -0.2) is 4.57 Å². The fraction of sp³-hybridized carbons (Fsp3) is 0. The molecule has 0 aliphatic rings. The van der Waals surface area contributed by atoms with Crippen LogP contribution in [0.1, 0.15) is 5.56 Å². The van der Waals surface area contributed by atoms with Crippen molar-refractivity contribution >= 4 is 75.7 Å². The highest BCUT2D eigenvalue weighted by atomic mass is 15.0. The molecule has 0 atom stereocenters. The molecule has 0 saturated carbocycles. The Labute approximate surface area is 329 Å². The zero-order valence-corrected chi connectivity index (χ0v) is 30.9. The van der Waals surface area contributed by atoms with Crippen molar-refractivity contribution in [2.24, 2.45) is 0 Å². The Hall–Kier alpha value is -7.73. The van der Waals surface area contributed by atoms with Gasteiger partial charge < -0.3 is 4.57 Å². The zero-order valence-electron chi connectivity index (χ0n) is 30.9. The van der Waals surface area contributed by atoms with Gasteiger partial charge in [-0.25, -0.2) is 0 Å². The van der Waals surface area contributed by atoms with Gasteiger partial charge in [0.25, 0.3) is 0 Å². The molecule has 0 unspecified atom stereocenters. The predicted octanol–water partition coefficient (Wildman–Crippen LogP) is 14.9. The summed E-state index contributed by atoms with van der Waals surface area (Å²) in [5.41, 5.74) is 11.4. The summed E-state index contributed by atoms with van der Waals surface area (Å²) in [5.74, 6) is 0. The van der Waals surface area contributed by atoms with Gasteiger partial charge in [0.2, 0.25) is 0 Å². The van der Waals surface area contributed by atoms with Crippen LogP contribution in [0.3, 0.4) is 0 Å². The van der Waals surface area contributed by atoms with Crippen molar-refractivity contribution in [1.29, 1.82) is 5.26 Å². The third-order valence-electron chi connectivity index (χ3n) is 12.2. The number of hydrogen-bond donors (Lipinski definition) is 0. The fourth-order valence-corrected chi connectivity index (χ4v) is 9.83. The quantitative estimate of drug-likeness (QED) is 0.131. The van der Waals surface area contributed by atoms with Crippen molar-refractivity contribution in [2.45, 2.75) is 0 Å². The lowest BCUT2D eigenvalue weighted by Gasteiger charge is -2.20. The fourth-order valence-electron chi connectivity index (χ4n) is 9.83. The zero-order chi connectivity index (χ0) is 37.6. The summed E-state index contributed by atoms with van der Waals surface area (Å²) in [6.07, 6.45) is 0. The number of aromatic nitrogens is 1. The summed E-state index contributed by atoms with van der Waals surface area (Å²) in [4.78, 5) is 0. The van der Waals surface area contributed by atoms with E-state index in [2.05, 4.69) is 199 Å². The Kier molecular flexibility index (Phi) is 6.73. The predicted molar refractivity (Wildman–Crippen MR) is 241 cm³/mol. The molecule has 2 heteroatoms. The van der Waals surface area contributed by atoms with Gasteiger partial charge >= 0.3 is 0 Å². The molecule has 0 fully saturated rings.